The summed E-state index contributed by atoms with van der Waals surface area (Å²) < 4.78 is 0. The molecule has 1 atom stereocenters. The van der Waals surface area contributed by atoms with Gasteiger partial charge in [0.2, 0.25) is 0 Å². The highest BCUT2D eigenvalue weighted by Crippen LogP contribution is 2.28. The van der Waals surface area contributed by atoms with Gasteiger partial charge >= 0.3 is 11.9 Å². The summed E-state index contributed by atoms with van der Waals surface area (Å²) in [5.41, 5.74) is 0. The fourth-order valence-electron chi connectivity index (χ4n) is 1.05. The van der Waals surface area contributed by atoms with Gasteiger partial charge in [0.15, 0.2) is 0 Å². The lowest BCUT2D eigenvalue weighted by atomic mass is 9.99. The van der Waals surface area contributed by atoms with Gasteiger partial charge in [0.25, 0.3) is 0 Å². The van der Waals surface area contributed by atoms with Crippen molar-refractivity contribution in [1.29, 1.82) is 0 Å². The maximum Gasteiger partial charge on any atom is 0.376 e. The van der Waals surface area contributed by atoms with Gasteiger partial charge < -0.3 is 0 Å². The average Bonchev–Trinajstić information content (AvgIpc) is 2.22. The first-order valence-electron chi connectivity index (χ1n) is 5.04. The highest BCUT2D eigenvalue weighted by molar-refractivity contribution is 6.33. The number of carbonyl (C=O) groups excluding carboxylic acids is 2. The molecular formula is C10H17ClO4. The van der Waals surface area contributed by atoms with Crippen LogP contribution in [-0.2, 0) is 19.4 Å². The molecule has 88 valence electrons. The lowest BCUT2D eigenvalue weighted by Crippen LogP contribution is -2.34. The Hall–Kier alpha value is -0.770. The molecule has 0 saturated carbocycles. The molecule has 0 N–H and O–H groups in total. The Balaban J connectivity index is 4.24. The van der Waals surface area contributed by atoms with Crippen molar-refractivity contribution in [3.8, 4) is 0 Å². The van der Waals surface area contributed by atoms with Crippen LogP contribution < -0.4 is 0 Å². The van der Waals surface area contributed by atoms with E-state index in [1.54, 1.807) is 6.92 Å². The zero-order valence-corrected chi connectivity index (χ0v) is 10.1. The van der Waals surface area contributed by atoms with E-state index in [1.807, 2.05) is 6.92 Å². The lowest BCUT2D eigenvalue weighted by molar-refractivity contribution is -0.259. The smallest absolute Gasteiger partial charge is 0.248 e. The third-order valence-electron chi connectivity index (χ3n) is 2.09. The fourth-order valence-corrected chi connectivity index (χ4v) is 1.22. The first kappa shape index (κ1) is 14.2. The van der Waals surface area contributed by atoms with Crippen LogP contribution in [0.15, 0.2) is 0 Å². The molecule has 0 aromatic rings. The molecule has 0 aromatic carbocycles. The first-order chi connectivity index (χ1) is 6.96. The largest absolute Gasteiger partial charge is 0.376 e. The standard InChI is InChI=1S/C10H17ClO4/c1-4-6-7-10(11,5-2)9(13)15-14-8(3)12/h4-7H2,1-3H3. The van der Waals surface area contributed by atoms with Crippen molar-refractivity contribution >= 4 is 23.5 Å². The number of rotatable bonds is 5. The number of halogens is 1. The van der Waals surface area contributed by atoms with Crippen LogP contribution in [0.2, 0.25) is 0 Å². The molecule has 0 aromatic heterocycles. The van der Waals surface area contributed by atoms with Gasteiger partial charge in [-0.15, -0.1) is 11.6 Å². The Labute approximate surface area is 94.8 Å². The van der Waals surface area contributed by atoms with Crippen LogP contribution in [-0.4, -0.2) is 16.8 Å². The summed E-state index contributed by atoms with van der Waals surface area (Å²) in [6.07, 6.45) is 2.72. The average molecular weight is 237 g/mol. The van der Waals surface area contributed by atoms with Crippen LogP contribution in [0.25, 0.3) is 0 Å². The van der Waals surface area contributed by atoms with Crippen LogP contribution >= 0.6 is 11.6 Å². The van der Waals surface area contributed by atoms with Gasteiger partial charge in [-0.1, -0.05) is 26.7 Å². The summed E-state index contributed by atoms with van der Waals surface area (Å²) in [4.78, 5) is 29.3. The van der Waals surface area contributed by atoms with E-state index >= 15 is 0 Å². The zero-order chi connectivity index (χ0) is 11.9. The maximum absolute atomic E-state index is 11.5. The Kier molecular flexibility index (Phi) is 6.32. The van der Waals surface area contributed by atoms with Crippen molar-refractivity contribution in [3.63, 3.8) is 0 Å². The first-order valence-corrected chi connectivity index (χ1v) is 5.42. The maximum atomic E-state index is 11.5. The molecule has 0 radical (unpaired) electrons. The highest BCUT2D eigenvalue weighted by Gasteiger charge is 2.37. The number of hydrogen-bond donors (Lipinski definition) is 0. The molecule has 4 nitrogen and oxygen atoms in total. The summed E-state index contributed by atoms with van der Waals surface area (Å²) in [6.45, 7) is 4.95. The summed E-state index contributed by atoms with van der Waals surface area (Å²) in [7, 11) is 0. The van der Waals surface area contributed by atoms with Crippen molar-refractivity contribution in [2.24, 2.45) is 0 Å². The van der Waals surface area contributed by atoms with Gasteiger partial charge in [-0.3, -0.25) is 0 Å². The van der Waals surface area contributed by atoms with E-state index in [0.717, 1.165) is 19.8 Å². The molecule has 15 heavy (non-hydrogen) atoms. The van der Waals surface area contributed by atoms with Crippen molar-refractivity contribution in [1.82, 2.24) is 0 Å². The van der Waals surface area contributed by atoms with E-state index in [1.165, 1.54) is 0 Å². The second kappa shape index (κ2) is 6.67. The zero-order valence-electron chi connectivity index (χ0n) is 9.34. The molecule has 0 amide bonds. The number of hydrogen-bond acceptors (Lipinski definition) is 4. The van der Waals surface area contributed by atoms with Crippen LogP contribution in [0, 0.1) is 0 Å². The molecular weight excluding hydrogens is 220 g/mol. The van der Waals surface area contributed by atoms with E-state index in [0.29, 0.717) is 12.8 Å². The Morgan fingerprint density at radius 2 is 1.87 bits per heavy atom. The van der Waals surface area contributed by atoms with Crippen molar-refractivity contribution in [2.75, 3.05) is 0 Å². The molecule has 0 spiro atoms. The highest BCUT2D eigenvalue weighted by atomic mass is 35.5. The minimum Gasteiger partial charge on any atom is -0.248 e. The summed E-state index contributed by atoms with van der Waals surface area (Å²) in [5.74, 6) is -1.37. The number of carbonyl (C=O) groups is 2. The molecule has 0 aliphatic rings. The third-order valence-corrected chi connectivity index (χ3v) is 2.70. The van der Waals surface area contributed by atoms with Crippen molar-refractivity contribution < 1.29 is 19.4 Å². The predicted molar refractivity (Wildman–Crippen MR) is 56.3 cm³/mol. The van der Waals surface area contributed by atoms with Gasteiger partial charge in [0.1, 0.15) is 4.87 Å². The minimum atomic E-state index is -1.08. The second-order valence-electron chi connectivity index (χ2n) is 3.37. The van der Waals surface area contributed by atoms with E-state index < -0.39 is 16.8 Å². The van der Waals surface area contributed by atoms with Gasteiger partial charge in [-0.2, -0.15) is 0 Å². The third kappa shape index (κ3) is 5.02. The topological polar surface area (TPSA) is 52.6 Å². The normalized spacial score (nSPS) is 14.1. The predicted octanol–water partition coefficient (Wildman–Crippen LogP) is 2.59. The van der Waals surface area contributed by atoms with Gasteiger partial charge in [-0.25, -0.2) is 19.4 Å². The molecule has 0 fully saturated rings. The van der Waals surface area contributed by atoms with Gasteiger partial charge in [0.05, 0.1) is 0 Å². The van der Waals surface area contributed by atoms with Crippen LogP contribution in [0.1, 0.15) is 46.5 Å². The fraction of sp³-hybridized carbons (Fsp3) is 0.800. The van der Waals surface area contributed by atoms with Crippen molar-refractivity contribution in [2.45, 2.75) is 51.3 Å². The molecule has 0 aliphatic carbocycles. The minimum absolute atomic E-state index is 0.439. The Morgan fingerprint density at radius 1 is 1.27 bits per heavy atom. The molecule has 5 heteroatoms. The van der Waals surface area contributed by atoms with Crippen molar-refractivity contribution in [3.05, 3.63) is 0 Å². The molecule has 0 bridgehead atoms. The number of alkyl halides is 1. The number of unbranched alkanes of at least 4 members (excludes halogenated alkanes) is 1. The van der Waals surface area contributed by atoms with Crippen LogP contribution in [0.3, 0.4) is 0 Å². The summed E-state index contributed by atoms with van der Waals surface area (Å²) in [6, 6.07) is 0. The molecule has 1 unspecified atom stereocenters. The van der Waals surface area contributed by atoms with Gasteiger partial charge in [-0.05, 0) is 12.8 Å². The van der Waals surface area contributed by atoms with E-state index in [4.69, 9.17) is 11.6 Å². The second-order valence-corrected chi connectivity index (χ2v) is 4.09. The summed E-state index contributed by atoms with van der Waals surface area (Å²) >= 11 is 6.07. The quantitative estimate of drug-likeness (QED) is 0.418. The summed E-state index contributed by atoms with van der Waals surface area (Å²) in [5, 5.41) is 0. The van der Waals surface area contributed by atoms with E-state index in [2.05, 4.69) is 9.78 Å². The molecule has 0 heterocycles. The lowest BCUT2D eigenvalue weighted by Gasteiger charge is -2.21. The Bertz CT molecular complexity index is 229. The van der Waals surface area contributed by atoms with Crippen LogP contribution in [0.5, 0.6) is 0 Å². The van der Waals surface area contributed by atoms with Gasteiger partial charge in [0, 0.05) is 6.92 Å². The SMILES string of the molecule is CCCCC(Cl)(CC)C(=O)OOC(C)=O. The molecule has 0 aliphatic heterocycles. The van der Waals surface area contributed by atoms with E-state index in [-0.39, 0.29) is 0 Å². The Morgan fingerprint density at radius 3 is 2.27 bits per heavy atom. The monoisotopic (exact) mass is 236 g/mol. The molecule has 0 rings (SSSR count). The van der Waals surface area contributed by atoms with Crippen LogP contribution in [0.4, 0.5) is 0 Å². The van der Waals surface area contributed by atoms with E-state index in [9.17, 15) is 9.59 Å². The molecule has 0 saturated heterocycles.